The molecule has 1 aliphatic rings. The number of nitrogens with zero attached hydrogens (tertiary/aromatic N) is 3. The molecule has 0 radical (unpaired) electrons. The summed E-state index contributed by atoms with van der Waals surface area (Å²) in [6.45, 7) is 15.1. The first kappa shape index (κ1) is 23.0. The molecule has 0 bridgehead atoms. The molecular formula is C21H37N5O3. The highest BCUT2D eigenvalue weighted by atomic mass is 16.6. The standard InChI is InChI=1S/C21H37N5O3/c1-7-22-19(24-13-18-25-15(2)16(3)28-18)23-11-10-17-9-8-12-26(14-17)20(27)29-21(4,5)6/h17H,7-14H2,1-6H3,(H2,22,23,24). The highest BCUT2D eigenvalue weighted by Crippen LogP contribution is 2.21. The van der Waals surface area contributed by atoms with Crippen LogP contribution in [0.4, 0.5) is 4.79 Å². The lowest BCUT2D eigenvalue weighted by Crippen LogP contribution is -2.44. The van der Waals surface area contributed by atoms with Crippen LogP contribution >= 0.6 is 0 Å². The van der Waals surface area contributed by atoms with Crippen LogP contribution in [0.2, 0.25) is 0 Å². The van der Waals surface area contributed by atoms with Gasteiger partial charge in [0.25, 0.3) is 0 Å². The number of carbonyl (C=O) groups is 1. The number of piperidine rings is 1. The number of likely N-dealkylation sites (tertiary alicyclic amines) is 1. The molecule has 2 rings (SSSR count). The highest BCUT2D eigenvalue weighted by molar-refractivity contribution is 5.79. The Hall–Kier alpha value is -2.25. The molecule has 1 aromatic heterocycles. The summed E-state index contributed by atoms with van der Waals surface area (Å²) in [4.78, 5) is 23.1. The Morgan fingerprint density at radius 1 is 1.34 bits per heavy atom. The molecule has 1 amide bonds. The average Bonchev–Trinajstić information content (AvgIpc) is 2.96. The monoisotopic (exact) mass is 407 g/mol. The second kappa shape index (κ2) is 10.5. The van der Waals surface area contributed by atoms with E-state index in [1.165, 1.54) is 0 Å². The van der Waals surface area contributed by atoms with Crippen molar-refractivity contribution in [3.8, 4) is 0 Å². The maximum Gasteiger partial charge on any atom is 0.410 e. The van der Waals surface area contributed by atoms with E-state index in [2.05, 4.69) is 20.6 Å². The average molecular weight is 408 g/mol. The molecule has 164 valence electrons. The van der Waals surface area contributed by atoms with Gasteiger partial charge >= 0.3 is 6.09 Å². The summed E-state index contributed by atoms with van der Waals surface area (Å²) in [6.07, 6.45) is 2.91. The summed E-state index contributed by atoms with van der Waals surface area (Å²) < 4.78 is 11.1. The van der Waals surface area contributed by atoms with Crippen molar-refractivity contribution in [3.05, 3.63) is 17.3 Å². The number of hydrogen-bond acceptors (Lipinski definition) is 5. The smallest absolute Gasteiger partial charge is 0.410 e. The van der Waals surface area contributed by atoms with Crippen LogP contribution in [0, 0.1) is 19.8 Å². The van der Waals surface area contributed by atoms with Gasteiger partial charge in [-0.05, 0) is 66.7 Å². The number of aryl methyl sites for hydroxylation is 2. The number of amides is 1. The lowest BCUT2D eigenvalue weighted by Gasteiger charge is -2.34. The molecule has 0 spiro atoms. The van der Waals surface area contributed by atoms with E-state index >= 15 is 0 Å². The van der Waals surface area contributed by atoms with Crippen LogP contribution in [0.25, 0.3) is 0 Å². The maximum atomic E-state index is 12.3. The van der Waals surface area contributed by atoms with E-state index in [1.54, 1.807) is 0 Å². The number of aliphatic imine (C=N–C) groups is 1. The molecule has 1 unspecified atom stereocenters. The molecule has 2 heterocycles. The summed E-state index contributed by atoms with van der Waals surface area (Å²) in [5.41, 5.74) is 0.447. The molecule has 1 fully saturated rings. The number of ether oxygens (including phenoxy) is 1. The lowest BCUT2D eigenvalue weighted by molar-refractivity contribution is 0.0162. The van der Waals surface area contributed by atoms with Gasteiger partial charge in [-0.25, -0.2) is 14.8 Å². The summed E-state index contributed by atoms with van der Waals surface area (Å²) in [6, 6.07) is 0. The third-order valence-electron chi connectivity index (χ3n) is 4.81. The number of hydrogen-bond donors (Lipinski definition) is 2. The molecule has 0 saturated carbocycles. The van der Waals surface area contributed by atoms with Crippen molar-refractivity contribution in [2.45, 2.75) is 73.0 Å². The summed E-state index contributed by atoms with van der Waals surface area (Å²) >= 11 is 0. The first-order valence-electron chi connectivity index (χ1n) is 10.6. The van der Waals surface area contributed by atoms with Gasteiger partial charge in [0.1, 0.15) is 17.9 Å². The Morgan fingerprint density at radius 2 is 2.10 bits per heavy atom. The molecule has 0 aliphatic carbocycles. The minimum Gasteiger partial charge on any atom is -0.444 e. The van der Waals surface area contributed by atoms with Crippen molar-refractivity contribution in [2.24, 2.45) is 10.9 Å². The van der Waals surface area contributed by atoms with Gasteiger partial charge in [-0.15, -0.1) is 0 Å². The minimum absolute atomic E-state index is 0.207. The zero-order valence-corrected chi connectivity index (χ0v) is 18.8. The van der Waals surface area contributed by atoms with Gasteiger partial charge in [-0.3, -0.25) is 0 Å². The molecule has 1 atom stereocenters. The van der Waals surface area contributed by atoms with Gasteiger partial charge in [0.2, 0.25) is 5.89 Å². The molecular weight excluding hydrogens is 370 g/mol. The van der Waals surface area contributed by atoms with E-state index in [1.807, 2.05) is 46.4 Å². The predicted octanol–water partition coefficient (Wildman–Crippen LogP) is 3.38. The number of nitrogens with one attached hydrogen (secondary N) is 2. The van der Waals surface area contributed by atoms with Crippen LogP contribution < -0.4 is 10.6 Å². The van der Waals surface area contributed by atoms with Crippen molar-refractivity contribution >= 4 is 12.1 Å². The first-order valence-corrected chi connectivity index (χ1v) is 10.6. The lowest BCUT2D eigenvalue weighted by atomic mass is 9.95. The molecule has 2 N–H and O–H groups in total. The second-order valence-electron chi connectivity index (χ2n) is 8.59. The third-order valence-corrected chi connectivity index (χ3v) is 4.81. The Kier molecular flexibility index (Phi) is 8.34. The van der Waals surface area contributed by atoms with E-state index in [9.17, 15) is 4.79 Å². The van der Waals surface area contributed by atoms with E-state index < -0.39 is 5.60 Å². The molecule has 0 aromatic carbocycles. The van der Waals surface area contributed by atoms with Crippen LogP contribution in [0.1, 0.15) is 64.3 Å². The largest absolute Gasteiger partial charge is 0.444 e. The molecule has 1 saturated heterocycles. The van der Waals surface area contributed by atoms with Crippen molar-refractivity contribution < 1.29 is 13.9 Å². The second-order valence-corrected chi connectivity index (χ2v) is 8.59. The van der Waals surface area contributed by atoms with Crippen LogP contribution in [0.5, 0.6) is 0 Å². The van der Waals surface area contributed by atoms with Gasteiger partial charge < -0.3 is 24.7 Å². The van der Waals surface area contributed by atoms with Gasteiger partial charge in [-0.1, -0.05) is 0 Å². The molecule has 8 nitrogen and oxygen atoms in total. The minimum atomic E-state index is -0.456. The predicted molar refractivity (Wildman–Crippen MR) is 114 cm³/mol. The van der Waals surface area contributed by atoms with E-state index in [0.717, 1.165) is 62.9 Å². The number of guanidine groups is 1. The highest BCUT2D eigenvalue weighted by Gasteiger charge is 2.27. The fourth-order valence-corrected chi connectivity index (χ4v) is 3.28. The molecule has 29 heavy (non-hydrogen) atoms. The Bertz CT molecular complexity index is 673. The zero-order valence-electron chi connectivity index (χ0n) is 18.8. The van der Waals surface area contributed by atoms with Crippen molar-refractivity contribution in [1.29, 1.82) is 0 Å². The summed E-state index contributed by atoms with van der Waals surface area (Å²) in [5.74, 6) is 2.67. The number of rotatable bonds is 6. The van der Waals surface area contributed by atoms with Gasteiger partial charge in [0, 0.05) is 26.2 Å². The molecule has 1 aliphatic heterocycles. The van der Waals surface area contributed by atoms with Crippen molar-refractivity contribution in [3.63, 3.8) is 0 Å². The van der Waals surface area contributed by atoms with Crippen molar-refractivity contribution in [1.82, 2.24) is 20.5 Å². The molecule has 1 aromatic rings. The van der Waals surface area contributed by atoms with Crippen LogP contribution in [-0.2, 0) is 11.3 Å². The SMILES string of the molecule is CCNC(=NCc1nc(C)c(C)o1)NCCC1CCCN(C(=O)OC(C)(C)C)C1. The topological polar surface area (TPSA) is 92.0 Å². The first-order chi connectivity index (χ1) is 13.7. The zero-order chi connectivity index (χ0) is 21.4. The normalized spacial score (nSPS) is 17.9. The van der Waals surface area contributed by atoms with Crippen LogP contribution in [0.3, 0.4) is 0 Å². The maximum absolute atomic E-state index is 12.3. The number of oxazole rings is 1. The third kappa shape index (κ3) is 7.95. The fourth-order valence-electron chi connectivity index (χ4n) is 3.28. The van der Waals surface area contributed by atoms with Gasteiger partial charge in [-0.2, -0.15) is 0 Å². The van der Waals surface area contributed by atoms with Crippen molar-refractivity contribution in [2.75, 3.05) is 26.2 Å². The number of carbonyl (C=O) groups excluding carboxylic acids is 1. The summed E-state index contributed by atoms with van der Waals surface area (Å²) in [7, 11) is 0. The van der Waals surface area contributed by atoms with Gasteiger partial charge in [0.15, 0.2) is 5.96 Å². The Morgan fingerprint density at radius 3 is 2.72 bits per heavy atom. The quantitative estimate of drug-likeness (QED) is 0.555. The van der Waals surface area contributed by atoms with Gasteiger partial charge in [0.05, 0.1) is 5.69 Å². The van der Waals surface area contributed by atoms with E-state index in [4.69, 9.17) is 9.15 Å². The van der Waals surface area contributed by atoms with Crippen LogP contribution in [-0.4, -0.2) is 53.7 Å². The Labute approximate surface area is 174 Å². The van der Waals surface area contributed by atoms with Crippen LogP contribution in [0.15, 0.2) is 9.41 Å². The van der Waals surface area contributed by atoms with E-state index in [-0.39, 0.29) is 6.09 Å². The van der Waals surface area contributed by atoms with E-state index in [0.29, 0.717) is 18.4 Å². The fraction of sp³-hybridized carbons (Fsp3) is 0.762. The molecule has 8 heteroatoms. The summed E-state index contributed by atoms with van der Waals surface area (Å²) in [5, 5.41) is 6.63. The number of aromatic nitrogens is 1. The Balaban J connectivity index is 1.80.